The van der Waals surface area contributed by atoms with Crippen LogP contribution in [0.5, 0.6) is 5.75 Å². The number of hydrogen-bond acceptors (Lipinski definition) is 3. The summed E-state index contributed by atoms with van der Waals surface area (Å²) in [4.78, 5) is 0. The Kier molecular flexibility index (Phi) is 6.76. The van der Waals surface area contributed by atoms with Crippen LogP contribution in [0.2, 0.25) is 0 Å². The van der Waals surface area contributed by atoms with E-state index in [2.05, 4.69) is 26.0 Å². The molecule has 1 atom stereocenters. The summed E-state index contributed by atoms with van der Waals surface area (Å²) in [6.07, 6.45) is 2.08. The fourth-order valence-electron chi connectivity index (χ4n) is 2.04. The van der Waals surface area contributed by atoms with E-state index in [1.807, 2.05) is 12.1 Å². The van der Waals surface area contributed by atoms with Crippen LogP contribution in [0.1, 0.15) is 38.2 Å². The first-order chi connectivity index (χ1) is 8.71. The van der Waals surface area contributed by atoms with E-state index in [9.17, 15) is 0 Å². The Morgan fingerprint density at radius 2 is 1.72 bits per heavy atom. The van der Waals surface area contributed by atoms with Crippen molar-refractivity contribution < 1.29 is 4.74 Å². The van der Waals surface area contributed by atoms with E-state index in [1.165, 1.54) is 5.56 Å². The molecule has 0 bridgehead atoms. The van der Waals surface area contributed by atoms with E-state index >= 15 is 0 Å². The third-order valence-corrected chi connectivity index (χ3v) is 3.28. The van der Waals surface area contributed by atoms with E-state index in [0.717, 1.165) is 25.2 Å². The summed E-state index contributed by atoms with van der Waals surface area (Å²) in [5, 5.41) is 0. The molecule has 0 heterocycles. The maximum Gasteiger partial charge on any atom is 0.119 e. The van der Waals surface area contributed by atoms with Crippen LogP contribution in [0.3, 0.4) is 0 Å². The van der Waals surface area contributed by atoms with E-state index in [4.69, 9.17) is 16.2 Å². The summed E-state index contributed by atoms with van der Waals surface area (Å²) in [6.45, 7) is 6.44. The molecule has 0 saturated heterocycles. The highest BCUT2D eigenvalue weighted by atomic mass is 16.5. The van der Waals surface area contributed by atoms with Gasteiger partial charge in [0.15, 0.2) is 0 Å². The molecule has 1 unspecified atom stereocenters. The number of hydrogen-bond donors (Lipinski definition) is 2. The topological polar surface area (TPSA) is 61.3 Å². The van der Waals surface area contributed by atoms with Crippen LogP contribution >= 0.6 is 0 Å². The Balaban J connectivity index is 2.55. The maximum absolute atomic E-state index is 5.69. The number of rotatable bonds is 8. The minimum Gasteiger partial charge on any atom is -0.494 e. The second kappa shape index (κ2) is 8.11. The molecule has 1 rings (SSSR count). The summed E-state index contributed by atoms with van der Waals surface area (Å²) in [5.41, 5.74) is 12.7. The van der Waals surface area contributed by atoms with Gasteiger partial charge in [-0.15, -0.1) is 0 Å². The van der Waals surface area contributed by atoms with Gasteiger partial charge in [0, 0.05) is 0 Å². The Hall–Kier alpha value is -1.06. The van der Waals surface area contributed by atoms with Crippen LogP contribution in [0.15, 0.2) is 24.3 Å². The monoisotopic (exact) mass is 250 g/mol. The van der Waals surface area contributed by atoms with Gasteiger partial charge in [0.2, 0.25) is 0 Å². The van der Waals surface area contributed by atoms with Crippen molar-refractivity contribution in [3.05, 3.63) is 29.8 Å². The van der Waals surface area contributed by atoms with Crippen molar-refractivity contribution in [3.63, 3.8) is 0 Å². The molecule has 0 fully saturated rings. The average Bonchev–Trinajstić information content (AvgIpc) is 2.42. The van der Waals surface area contributed by atoms with E-state index < -0.39 is 0 Å². The standard InChI is InChI=1S/C15H26N2O/c1-3-8-18-15-6-4-14(5-7-15)12(2)9-13(10-16)11-17/h4-7,12-13H,3,8-11,16-17H2,1-2H3. The number of benzene rings is 1. The summed E-state index contributed by atoms with van der Waals surface area (Å²) in [5.74, 6) is 1.85. The van der Waals surface area contributed by atoms with E-state index in [-0.39, 0.29) is 0 Å². The number of nitrogens with two attached hydrogens (primary N) is 2. The maximum atomic E-state index is 5.69. The molecule has 0 aliphatic heterocycles. The van der Waals surface area contributed by atoms with Gasteiger partial charge in [-0.2, -0.15) is 0 Å². The second-order valence-corrected chi connectivity index (χ2v) is 4.89. The molecular weight excluding hydrogens is 224 g/mol. The van der Waals surface area contributed by atoms with Crippen LogP contribution < -0.4 is 16.2 Å². The van der Waals surface area contributed by atoms with Crippen LogP contribution in [0.25, 0.3) is 0 Å². The molecule has 18 heavy (non-hydrogen) atoms. The smallest absolute Gasteiger partial charge is 0.119 e. The third kappa shape index (κ3) is 4.67. The molecule has 0 spiro atoms. The van der Waals surface area contributed by atoms with Crippen LogP contribution in [-0.2, 0) is 0 Å². The van der Waals surface area contributed by atoms with E-state index in [0.29, 0.717) is 24.9 Å². The van der Waals surface area contributed by atoms with Crippen LogP contribution in [0, 0.1) is 5.92 Å². The molecule has 1 aromatic carbocycles. The van der Waals surface area contributed by atoms with Crippen molar-refractivity contribution in [2.75, 3.05) is 19.7 Å². The van der Waals surface area contributed by atoms with Crippen molar-refractivity contribution in [3.8, 4) is 5.75 Å². The highest BCUT2D eigenvalue weighted by Gasteiger charge is 2.12. The van der Waals surface area contributed by atoms with Gasteiger partial charge >= 0.3 is 0 Å². The first kappa shape index (κ1) is 15.0. The van der Waals surface area contributed by atoms with Crippen molar-refractivity contribution >= 4 is 0 Å². The first-order valence-electron chi connectivity index (χ1n) is 6.84. The quantitative estimate of drug-likeness (QED) is 0.745. The van der Waals surface area contributed by atoms with Gasteiger partial charge in [0.25, 0.3) is 0 Å². The Morgan fingerprint density at radius 1 is 1.11 bits per heavy atom. The second-order valence-electron chi connectivity index (χ2n) is 4.89. The molecule has 4 N–H and O–H groups in total. The zero-order chi connectivity index (χ0) is 13.4. The molecule has 0 amide bonds. The number of ether oxygens (including phenoxy) is 1. The van der Waals surface area contributed by atoms with E-state index in [1.54, 1.807) is 0 Å². The predicted octanol–water partition coefficient (Wildman–Crippen LogP) is 2.50. The van der Waals surface area contributed by atoms with Crippen LogP contribution in [0.4, 0.5) is 0 Å². The van der Waals surface area contributed by atoms with Gasteiger partial charge in [-0.25, -0.2) is 0 Å². The molecule has 0 saturated carbocycles. The lowest BCUT2D eigenvalue weighted by Crippen LogP contribution is -2.24. The summed E-state index contributed by atoms with van der Waals surface area (Å²) < 4.78 is 5.57. The minimum atomic E-state index is 0.413. The molecule has 1 aromatic rings. The zero-order valence-corrected chi connectivity index (χ0v) is 11.6. The van der Waals surface area contributed by atoms with Gasteiger partial charge in [-0.3, -0.25) is 0 Å². The molecule has 3 heteroatoms. The Morgan fingerprint density at radius 3 is 2.22 bits per heavy atom. The van der Waals surface area contributed by atoms with Gasteiger partial charge in [0.1, 0.15) is 5.75 Å². The molecule has 0 aliphatic carbocycles. The molecule has 102 valence electrons. The minimum absolute atomic E-state index is 0.413. The van der Waals surface area contributed by atoms with Crippen LogP contribution in [-0.4, -0.2) is 19.7 Å². The van der Waals surface area contributed by atoms with Crippen molar-refractivity contribution in [1.29, 1.82) is 0 Å². The Labute approximate surface area is 111 Å². The Bertz CT molecular complexity index is 320. The van der Waals surface area contributed by atoms with Crippen molar-refractivity contribution in [1.82, 2.24) is 0 Å². The van der Waals surface area contributed by atoms with Gasteiger partial charge < -0.3 is 16.2 Å². The third-order valence-electron chi connectivity index (χ3n) is 3.28. The van der Waals surface area contributed by atoms with Gasteiger partial charge in [0.05, 0.1) is 6.61 Å². The fourth-order valence-corrected chi connectivity index (χ4v) is 2.04. The molecule has 0 aromatic heterocycles. The first-order valence-corrected chi connectivity index (χ1v) is 6.84. The molecular formula is C15H26N2O. The highest BCUT2D eigenvalue weighted by molar-refractivity contribution is 5.29. The lowest BCUT2D eigenvalue weighted by molar-refractivity contribution is 0.317. The van der Waals surface area contributed by atoms with Gasteiger partial charge in [-0.05, 0) is 55.5 Å². The van der Waals surface area contributed by atoms with Crippen molar-refractivity contribution in [2.45, 2.75) is 32.6 Å². The average molecular weight is 250 g/mol. The summed E-state index contributed by atoms with van der Waals surface area (Å²) in [6, 6.07) is 8.36. The predicted molar refractivity (Wildman–Crippen MR) is 76.9 cm³/mol. The van der Waals surface area contributed by atoms with Crippen molar-refractivity contribution in [2.24, 2.45) is 17.4 Å². The lowest BCUT2D eigenvalue weighted by atomic mass is 9.90. The zero-order valence-electron chi connectivity index (χ0n) is 11.6. The normalized spacial score (nSPS) is 12.7. The lowest BCUT2D eigenvalue weighted by Gasteiger charge is -2.18. The fraction of sp³-hybridized carbons (Fsp3) is 0.600. The molecule has 3 nitrogen and oxygen atoms in total. The molecule has 0 radical (unpaired) electrons. The largest absolute Gasteiger partial charge is 0.494 e. The summed E-state index contributed by atoms with van der Waals surface area (Å²) in [7, 11) is 0. The highest BCUT2D eigenvalue weighted by Crippen LogP contribution is 2.24. The molecule has 0 aliphatic rings. The van der Waals surface area contributed by atoms with Gasteiger partial charge in [-0.1, -0.05) is 26.0 Å². The SMILES string of the molecule is CCCOc1ccc(C(C)CC(CN)CN)cc1. The summed E-state index contributed by atoms with van der Waals surface area (Å²) >= 11 is 0.